The molecule has 0 amide bonds. The Morgan fingerprint density at radius 1 is 1.18 bits per heavy atom. The molecule has 1 aliphatic heterocycles. The summed E-state index contributed by atoms with van der Waals surface area (Å²) < 4.78 is 67.2. The number of aliphatic carboxylic acids is 1. The smallest absolute Gasteiger partial charge is 0.475 e. The number of aliphatic hydroxyl groups is 1. The molecule has 0 saturated carbocycles. The van der Waals surface area contributed by atoms with E-state index in [0.717, 1.165) is 22.7 Å². The Labute approximate surface area is 225 Å². The first kappa shape index (κ1) is 29.0. The van der Waals surface area contributed by atoms with Gasteiger partial charge in [-0.2, -0.15) is 33.8 Å². The number of aromatic amines is 1. The Morgan fingerprint density at radius 3 is 2.62 bits per heavy atom. The van der Waals surface area contributed by atoms with Gasteiger partial charge in [0.2, 0.25) is 5.95 Å². The Hall–Kier alpha value is -3.99. The minimum Gasteiger partial charge on any atom is -0.475 e. The lowest BCUT2D eigenvalue weighted by Crippen LogP contribution is -2.22. The van der Waals surface area contributed by atoms with E-state index in [2.05, 4.69) is 25.5 Å². The topological polar surface area (TPSA) is 168 Å². The quantitative estimate of drug-likeness (QED) is 0.162. The van der Waals surface area contributed by atoms with Gasteiger partial charge in [-0.25, -0.2) is 14.2 Å². The molecule has 5 rings (SSSR count). The van der Waals surface area contributed by atoms with Gasteiger partial charge in [0.25, 0.3) is 0 Å². The molecule has 0 saturated heterocycles. The van der Waals surface area contributed by atoms with Gasteiger partial charge in [-0.1, -0.05) is 12.1 Å². The van der Waals surface area contributed by atoms with E-state index in [1.165, 1.54) is 0 Å². The standard InChI is InChI=1S/C22H23FN6O3S.C2HF3O2/c23-17-13-24-22(26-15-6-5-14-7-10-33(31,32)20(14)11-15)27-21(17)29(8-2-9-30)19-4-1-3-18-16(19)12-25-28-18;3-2(4,5)1(6)7/h1,3-6,11-13,30-32H,2,7-10H2,(H,25,28)(H,24,26,27);(H,6,7). The minimum absolute atomic E-state index is 0.0556. The van der Waals surface area contributed by atoms with E-state index in [1.807, 2.05) is 30.3 Å². The number of hydrogen-bond acceptors (Lipinski definition) is 9. The van der Waals surface area contributed by atoms with Gasteiger partial charge in [-0.15, -0.1) is 0 Å². The third-order valence-electron chi connectivity index (χ3n) is 5.85. The van der Waals surface area contributed by atoms with Crippen molar-refractivity contribution >= 4 is 50.6 Å². The summed E-state index contributed by atoms with van der Waals surface area (Å²) in [5.41, 5.74) is 2.98. The normalized spacial score (nSPS) is 14.7. The number of aromatic nitrogens is 4. The second-order valence-corrected chi connectivity index (χ2v) is 10.8. The molecule has 3 heterocycles. The number of rotatable bonds is 7. The molecule has 16 heteroatoms. The number of hydrogen-bond donors (Lipinski definition) is 6. The number of halogens is 4. The molecule has 2 aromatic carbocycles. The largest absolute Gasteiger partial charge is 0.490 e. The number of carboxylic acid groups (broad SMARTS) is 1. The van der Waals surface area contributed by atoms with Gasteiger partial charge in [-0.05, 0) is 42.7 Å². The molecule has 0 unspecified atom stereocenters. The zero-order chi connectivity index (χ0) is 29.1. The Kier molecular flexibility index (Phi) is 8.43. The van der Waals surface area contributed by atoms with Gasteiger partial charge in [0, 0.05) is 30.0 Å². The van der Waals surface area contributed by atoms with Crippen LogP contribution in [0.1, 0.15) is 12.0 Å². The molecule has 1 aliphatic rings. The first-order valence-electron chi connectivity index (χ1n) is 11.7. The SMILES string of the molecule is O=C(O)C(F)(F)F.OCCCN(c1nc(Nc2ccc3c(c2)S(O)(O)CC3)ncc1F)c1cccc2[nH]ncc12. The van der Waals surface area contributed by atoms with E-state index in [-0.39, 0.29) is 18.4 Å². The summed E-state index contributed by atoms with van der Waals surface area (Å²) in [4.78, 5) is 19.6. The molecule has 40 heavy (non-hydrogen) atoms. The van der Waals surface area contributed by atoms with Gasteiger partial charge in [0.05, 0.1) is 28.5 Å². The minimum atomic E-state index is -5.08. The zero-order valence-corrected chi connectivity index (χ0v) is 21.4. The molecular formula is C24H24F4N6O5S. The van der Waals surface area contributed by atoms with Crippen molar-refractivity contribution in [3.63, 3.8) is 0 Å². The molecule has 2 aromatic heterocycles. The van der Waals surface area contributed by atoms with E-state index < -0.39 is 28.6 Å². The molecule has 6 N–H and O–H groups in total. The highest BCUT2D eigenvalue weighted by Crippen LogP contribution is 2.55. The van der Waals surface area contributed by atoms with Crippen molar-refractivity contribution in [2.45, 2.75) is 23.9 Å². The summed E-state index contributed by atoms with van der Waals surface area (Å²) in [5.74, 6) is -2.83. The maximum Gasteiger partial charge on any atom is 0.490 e. The summed E-state index contributed by atoms with van der Waals surface area (Å²) in [6, 6.07) is 10.9. The van der Waals surface area contributed by atoms with Crippen molar-refractivity contribution < 1.29 is 41.7 Å². The molecule has 4 aromatic rings. The zero-order valence-electron chi connectivity index (χ0n) is 20.6. The molecule has 0 spiro atoms. The number of aryl methyl sites for hydroxylation is 1. The van der Waals surface area contributed by atoms with Crippen LogP contribution in [0.25, 0.3) is 10.9 Å². The molecule has 0 atom stereocenters. The lowest BCUT2D eigenvalue weighted by Gasteiger charge is -2.27. The van der Waals surface area contributed by atoms with Gasteiger partial charge in [0.1, 0.15) is 0 Å². The number of carboxylic acids is 1. The second kappa shape index (κ2) is 11.6. The van der Waals surface area contributed by atoms with Crippen molar-refractivity contribution in [2.24, 2.45) is 0 Å². The van der Waals surface area contributed by atoms with Gasteiger partial charge >= 0.3 is 12.1 Å². The average Bonchev–Trinajstić information content (AvgIpc) is 3.50. The fourth-order valence-electron chi connectivity index (χ4n) is 4.00. The third kappa shape index (κ3) is 6.41. The maximum absolute atomic E-state index is 14.9. The van der Waals surface area contributed by atoms with Crippen LogP contribution in [-0.2, 0) is 11.2 Å². The monoisotopic (exact) mass is 584 g/mol. The van der Waals surface area contributed by atoms with Crippen molar-refractivity contribution in [3.8, 4) is 0 Å². The molecular weight excluding hydrogens is 560 g/mol. The average molecular weight is 585 g/mol. The Balaban J connectivity index is 0.000000470. The van der Waals surface area contributed by atoms with Crippen LogP contribution in [0.5, 0.6) is 0 Å². The van der Waals surface area contributed by atoms with Crippen LogP contribution in [0.2, 0.25) is 0 Å². The fourth-order valence-corrected chi connectivity index (χ4v) is 5.63. The number of benzene rings is 2. The molecule has 11 nitrogen and oxygen atoms in total. The summed E-state index contributed by atoms with van der Waals surface area (Å²) in [6.07, 6.45) is -1.30. The summed E-state index contributed by atoms with van der Waals surface area (Å²) in [7, 11) is -2.79. The second-order valence-electron chi connectivity index (χ2n) is 8.57. The third-order valence-corrected chi connectivity index (χ3v) is 7.71. The molecule has 0 fully saturated rings. The van der Waals surface area contributed by atoms with Crippen LogP contribution in [0.4, 0.5) is 40.7 Å². The number of H-pyrrole nitrogens is 1. The highest BCUT2D eigenvalue weighted by atomic mass is 32.3. The predicted octanol–water partition coefficient (Wildman–Crippen LogP) is 5.06. The van der Waals surface area contributed by atoms with Crippen LogP contribution < -0.4 is 10.2 Å². The van der Waals surface area contributed by atoms with E-state index in [0.29, 0.717) is 41.4 Å². The predicted molar refractivity (Wildman–Crippen MR) is 140 cm³/mol. The van der Waals surface area contributed by atoms with Gasteiger partial charge in [-0.3, -0.25) is 14.2 Å². The highest BCUT2D eigenvalue weighted by Gasteiger charge is 2.38. The van der Waals surface area contributed by atoms with Crippen molar-refractivity contribution in [1.29, 1.82) is 0 Å². The molecule has 214 valence electrons. The number of nitrogens with zero attached hydrogens (tertiary/aromatic N) is 4. The maximum atomic E-state index is 14.9. The van der Waals surface area contributed by atoms with E-state index in [9.17, 15) is 31.8 Å². The lowest BCUT2D eigenvalue weighted by atomic mass is 10.1. The number of fused-ring (bicyclic) bond motifs is 2. The van der Waals surface area contributed by atoms with E-state index >= 15 is 0 Å². The number of anilines is 4. The molecule has 0 aliphatic carbocycles. The lowest BCUT2D eigenvalue weighted by molar-refractivity contribution is -0.192. The van der Waals surface area contributed by atoms with Crippen LogP contribution >= 0.6 is 10.6 Å². The first-order chi connectivity index (χ1) is 18.9. The molecule has 0 bridgehead atoms. The number of carbonyl (C=O) groups is 1. The van der Waals surface area contributed by atoms with Gasteiger partial charge < -0.3 is 20.4 Å². The van der Waals surface area contributed by atoms with E-state index in [1.54, 1.807) is 17.2 Å². The Bertz CT molecular complexity index is 1520. The van der Waals surface area contributed by atoms with Crippen LogP contribution in [0.3, 0.4) is 0 Å². The number of aliphatic hydroxyl groups excluding tert-OH is 1. The first-order valence-corrected chi connectivity index (χ1v) is 13.4. The summed E-state index contributed by atoms with van der Waals surface area (Å²) in [5, 5.41) is 27.3. The van der Waals surface area contributed by atoms with Gasteiger partial charge in [0.15, 0.2) is 11.6 Å². The van der Waals surface area contributed by atoms with Crippen LogP contribution in [-0.4, -0.2) is 70.5 Å². The van der Waals surface area contributed by atoms with Crippen LogP contribution in [0, 0.1) is 5.82 Å². The Morgan fingerprint density at radius 2 is 1.93 bits per heavy atom. The van der Waals surface area contributed by atoms with Crippen molar-refractivity contribution in [2.75, 3.05) is 29.1 Å². The summed E-state index contributed by atoms with van der Waals surface area (Å²) in [6.45, 7) is 0.269. The fraction of sp³-hybridized carbons (Fsp3) is 0.250. The van der Waals surface area contributed by atoms with Crippen LogP contribution in [0.15, 0.2) is 53.7 Å². The molecule has 0 radical (unpaired) electrons. The number of nitrogens with one attached hydrogen (secondary N) is 2. The van der Waals surface area contributed by atoms with Crippen molar-refractivity contribution in [3.05, 3.63) is 60.2 Å². The van der Waals surface area contributed by atoms with E-state index in [4.69, 9.17) is 9.90 Å². The van der Waals surface area contributed by atoms with Crippen molar-refractivity contribution in [1.82, 2.24) is 20.2 Å². The summed E-state index contributed by atoms with van der Waals surface area (Å²) >= 11 is 0. The number of alkyl halides is 3. The highest BCUT2D eigenvalue weighted by molar-refractivity contribution is 8.24.